The van der Waals surface area contributed by atoms with Gasteiger partial charge >= 0.3 is 0 Å². The van der Waals surface area contributed by atoms with Gasteiger partial charge in [0.2, 0.25) is 0 Å². The fraction of sp³-hybridized carbons (Fsp3) is 0. The summed E-state index contributed by atoms with van der Waals surface area (Å²) in [5.74, 6) is 1.03. The van der Waals surface area contributed by atoms with E-state index in [1.807, 2.05) is 121 Å². The minimum Gasteiger partial charge on any atom is -0.308 e. The molecule has 7 aromatic carbocycles. The Morgan fingerprint density at radius 1 is 0.408 bits per heavy atom. The van der Waals surface area contributed by atoms with E-state index in [0.717, 1.165) is 27.8 Å². The van der Waals surface area contributed by atoms with Crippen LogP contribution in [0.15, 0.2) is 182 Å². The van der Waals surface area contributed by atoms with Crippen LogP contribution in [0, 0.1) is 0 Å². The van der Waals surface area contributed by atoms with Gasteiger partial charge in [-0.1, -0.05) is 158 Å². The molecule has 9 aromatic rings. The molecule has 0 radical (unpaired) electrons. The number of benzene rings is 7. The summed E-state index contributed by atoms with van der Waals surface area (Å²) >= 11 is 0. The summed E-state index contributed by atoms with van der Waals surface area (Å²) in [6.07, 6.45) is 0. The molecule has 0 saturated carbocycles. The monoisotopic (exact) mass is 634 g/mol. The highest BCUT2D eigenvalue weighted by Gasteiger charge is 2.22. The zero-order valence-corrected chi connectivity index (χ0v) is 26.0. The lowest BCUT2D eigenvalue weighted by atomic mass is 9.94. The molecular weight excluding hydrogens is 597 g/mol. The van der Waals surface area contributed by atoms with Crippen LogP contribution < -0.4 is 0 Å². The highest BCUT2D eigenvalue weighted by molar-refractivity contribution is 6.10. The maximum absolute atomic E-state index is 9.24. The first-order valence-corrected chi connectivity index (χ1v) is 15.8. The Morgan fingerprint density at radius 3 is 1.47 bits per heavy atom. The largest absolute Gasteiger partial charge is 0.308 e. The number of hydrogen-bond donors (Lipinski definition) is 0. The van der Waals surface area contributed by atoms with E-state index in [4.69, 9.17) is 23.2 Å². The summed E-state index contributed by atoms with van der Waals surface area (Å²) in [4.78, 5) is 15.1. The Bertz CT molecular complexity index is 2910. The van der Waals surface area contributed by atoms with Crippen molar-refractivity contribution < 1.29 is 11.0 Å². The summed E-state index contributed by atoms with van der Waals surface area (Å²) in [6, 6.07) is 38.8. The van der Waals surface area contributed by atoms with Crippen molar-refractivity contribution >= 4 is 21.8 Å². The van der Waals surface area contributed by atoms with Gasteiger partial charge in [-0.2, -0.15) is 0 Å². The van der Waals surface area contributed by atoms with Gasteiger partial charge in [0.25, 0.3) is 0 Å². The van der Waals surface area contributed by atoms with Crippen molar-refractivity contribution in [1.82, 2.24) is 19.5 Å². The number of fused-ring (bicyclic) bond motifs is 3. The SMILES string of the molecule is [2H]c1c([2H])c([2H])c2c(c1[2H])c1c([2H])c([2H])c([2H])c([2H])c1n2-c1cccc(-c2cccc(-c3ccccc3)c2)c1-c1nc(-c2ccccc2)nc(-c2ccccc2)n1. The lowest BCUT2D eigenvalue weighted by molar-refractivity contribution is 1.06. The normalized spacial score (nSPS) is 13.6. The van der Waals surface area contributed by atoms with Crippen LogP contribution in [-0.4, -0.2) is 19.5 Å². The molecule has 49 heavy (non-hydrogen) atoms. The van der Waals surface area contributed by atoms with E-state index in [2.05, 4.69) is 6.07 Å². The Kier molecular flexibility index (Phi) is 5.29. The fourth-order valence-electron chi connectivity index (χ4n) is 6.28. The first-order valence-electron chi connectivity index (χ1n) is 19.8. The van der Waals surface area contributed by atoms with E-state index in [1.165, 1.54) is 4.57 Å². The molecule has 4 nitrogen and oxygen atoms in total. The molecule has 0 N–H and O–H groups in total. The van der Waals surface area contributed by atoms with E-state index < -0.39 is 48.3 Å². The predicted molar refractivity (Wildman–Crippen MR) is 201 cm³/mol. The van der Waals surface area contributed by atoms with Crippen LogP contribution in [-0.2, 0) is 0 Å². The second kappa shape index (κ2) is 12.2. The average molecular weight is 635 g/mol. The van der Waals surface area contributed by atoms with Crippen LogP contribution in [0.3, 0.4) is 0 Å². The third-order valence-corrected chi connectivity index (χ3v) is 8.52. The van der Waals surface area contributed by atoms with Gasteiger partial charge in [-0.3, -0.25) is 0 Å². The minimum atomic E-state index is -0.511. The topological polar surface area (TPSA) is 43.6 Å². The molecule has 0 bridgehead atoms. The van der Waals surface area contributed by atoms with Gasteiger partial charge < -0.3 is 4.57 Å². The lowest BCUT2D eigenvalue weighted by Gasteiger charge is -2.18. The molecule has 0 unspecified atom stereocenters. The number of para-hydroxylation sites is 2. The minimum absolute atomic E-state index is 0.0000538. The second-order valence-electron chi connectivity index (χ2n) is 11.5. The molecule has 0 saturated heterocycles. The number of nitrogens with zero attached hydrogens (tertiary/aromatic N) is 4. The third-order valence-electron chi connectivity index (χ3n) is 8.52. The molecular formula is C45H30N4. The molecule has 0 aliphatic rings. The second-order valence-corrected chi connectivity index (χ2v) is 11.5. The Balaban J connectivity index is 1.47. The van der Waals surface area contributed by atoms with Gasteiger partial charge in [-0.25, -0.2) is 15.0 Å². The first kappa shape index (κ1) is 21.3. The van der Waals surface area contributed by atoms with Crippen LogP contribution in [0.1, 0.15) is 11.0 Å². The van der Waals surface area contributed by atoms with E-state index in [1.54, 1.807) is 6.07 Å². The molecule has 4 heteroatoms. The smallest absolute Gasteiger partial charge is 0.166 e. The molecule has 0 amide bonds. The Morgan fingerprint density at radius 2 is 0.878 bits per heavy atom. The maximum atomic E-state index is 9.24. The highest BCUT2D eigenvalue weighted by atomic mass is 15.1. The lowest BCUT2D eigenvalue weighted by Crippen LogP contribution is -2.05. The quantitative estimate of drug-likeness (QED) is 0.183. The highest BCUT2D eigenvalue weighted by Crippen LogP contribution is 2.41. The molecule has 2 aromatic heterocycles. The van der Waals surface area contributed by atoms with E-state index in [-0.39, 0.29) is 27.6 Å². The molecule has 230 valence electrons. The van der Waals surface area contributed by atoms with Gasteiger partial charge in [0.1, 0.15) is 0 Å². The van der Waals surface area contributed by atoms with Crippen molar-refractivity contribution in [3.63, 3.8) is 0 Å². The molecule has 0 fully saturated rings. The Labute approximate surface area is 295 Å². The summed E-state index contributed by atoms with van der Waals surface area (Å²) in [5, 5.41) is -0.0351. The summed E-state index contributed by atoms with van der Waals surface area (Å²) in [5.41, 5.74) is 5.70. The van der Waals surface area contributed by atoms with E-state index >= 15 is 0 Å². The summed E-state index contributed by atoms with van der Waals surface area (Å²) in [6.45, 7) is 0. The van der Waals surface area contributed by atoms with Crippen molar-refractivity contribution in [2.24, 2.45) is 0 Å². The number of hydrogen-bond acceptors (Lipinski definition) is 3. The van der Waals surface area contributed by atoms with Crippen LogP contribution in [0.5, 0.6) is 0 Å². The maximum Gasteiger partial charge on any atom is 0.166 e. The number of rotatable bonds is 6. The van der Waals surface area contributed by atoms with Crippen LogP contribution >= 0.6 is 0 Å². The molecule has 0 aliphatic heterocycles. The fourth-order valence-corrected chi connectivity index (χ4v) is 6.28. The summed E-state index contributed by atoms with van der Waals surface area (Å²) in [7, 11) is 0. The van der Waals surface area contributed by atoms with Crippen molar-refractivity contribution in [2.45, 2.75) is 0 Å². The van der Waals surface area contributed by atoms with Gasteiger partial charge in [-0.15, -0.1) is 0 Å². The number of aromatic nitrogens is 4. The molecule has 0 aliphatic carbocycles. The van der Waals surface area contributed by atoms with Crippen LogP contribution in [0.2, 0.25) is 0 Å². The van der Waals surface area contributed by atoms with Crippen molar-refractivity contribution in [3.05, 3.63) is 182 Å². The zero-order chi connectivity index (χ0) is 39.5. The molecule has 2 heterocycles. The average Bonchev–Trinajstić information content (AvgIpc) is 3.63. The molecule has 9 rings (SSSR count). The van der Waals surface area contributed by atoms with Gasteiger partial charge in [0.05, 0.1) is 33.3 Å². The predicted octanol–water partition coefficient (Wildman–Crippen LogP) is 11.3. The summed E-state index contributed by atoms with van der Waals surface area (Å²) < 4.78 is 72.7. The van der Waals surface area contributed by atoms with Gasteiger partial charge in [0, 0.05) is 21.9 Å². The van der Waals surface area contributed by atoms with Crippen molar-refractivity contribution in [2.75, 3.05) is 0 Å². The Hall–Kier alpha value is -6.65. The van der Waals surface area contributed by atoms with Crippen molar-refractivity contribution in [3.8, 4) is 62.1 Å². The van der Waals surface area contributed by atoms with Gasteiger partial charge in [-0.05, 0) is 46.5 Å². The third kappa shape index (κ3) is 5.16. The van der Waals surface area contributed by atoms with Gasteiger partial charge in [0.15, 0.2) is 17.5 Å². The van der Waals surface area contributed by atoms with E-state index in [0.29, 0.717) is 28.5 Å². The first-order chi connectivity index (χ1) is 27.6. The van der Waals surface area contributed by atoms with Crippen LogP contribution in [0.25, 0.3) is 83.9 Å². The molecule has 0 atom stereocenters. The standard InChI is InChI=1S/C45H30N4/c1-4-16-31(17-5-1)34-22-14-23-35(30-34)36-26-15-29-41(49-39-27-12-10-24-37(39)38-25-11-13-28-40(38)49)42(36)45-47-43(32-18-6-2-7-19-32)46-44(48-45)33-20-8-3-9-21-33/h1-30H/i10D,11D,12D,13D,24D,25D,27D,28D. The zero-order valence-electron chi connectivity index (χ0n) is 34.0. The van der Waals surface area contributed by atoms with Crippen molar-refractivity contribution in [1.29, 1.82) is 0 Å². The molecule has 0 spiro atoms. The van der Waals surface area contributed by atoms with Crippen LogP contribution in [0.4, 0.5) is 0 Å². The van der Waals surface area contributed by atoms with E-state index in [9.17, 15) is 2.74 Å².